The lowest BCUT2D eigenvalue weighted by Crippen LogP contribution is -2.31. The van der Waals surface area contributed by atoms with Crippen molar-refractivity contribution in [2.75, 3.05) is 6.61 Å². The number of nitrogens with one attached hydrogen (secondary N) is 1. The summed E-state index contributed by atoms with van der Waals surface area (Å²) >= 11 is 0. The van der Waals surface area contributed by atoms with Gasteiger partial charge in [-0.05, 0) is 12.5 Å². The van der Waals surface area contributed by atoms with Crippen molar-refractivity contribution in [1.29, 1.82) is 0 Å². The minimum atomic E-state index is -0.841. The summed E-state index contributed by atoms with van der Waals surface area (Å²) in [7, 11) is 0. The lowest BCUT2D eigenvalue weighted by Gasteiger charge is -2.14. The maximum Gasteiger partial charge on any atom is 0.163 e. The molecular weight excluding hydrogens is 200 g/mol. The third kappa shape index (κ3) is 3.25. The van der Waals surface area contributed by atoms with Crippen molar-refractivity contribution in [3.63, 3.8) is 0 Å². The van der Waals surface area contributed by atoms with Crippen molar-refractivity contribution in [1.82, 2.24) is 5.32 Å². The Labute approximate surface area is 87.9 Å². The Morgan fingerprint density at radius 3 is 2.73 bits per heavy atom. The lowest BCUT2D eigenvalue weighted by molar-refractivity contribution is 0.237. The maximum absolute atomic E-state index is 13.2. The van der Waals surface area contributed by atoms with Crippen LogP contribution in [0.25, 0.3) is 0 Å². The van der Waals surface area contributed by atoms with Crippen LogP contribution in [0.5, 0.6) is 0 Å². The van der Waals surface area contributed by atoms with Gasteiger partial charge in [-0.2, -0.15) is 0 Å². The summed E-state index contributed by atoms with van der Waals surface area (Å²) in [5.74, 6) is -1.66. The number of aliphatic hydroxyl groups is 1. The number of rotatable bonds is 5. The van der Waals surface area contributed by atoms with Gasteiger partial charge in [0.25, 0.3) is 0 Å². The molecule has 0 aliphatic heterocycles. The molecule has 0 unspecified atom stereocenters. The molecule has 2 nitrogen and oxygen atoms in total. The van der Waals surface area contributed by atoms with Crippen molar-refractivity contribution in [3.05, 3.63) is 35.4 Å². The van der Waals surface area contributed by atoms with E-state index >= 15 is 0 Å². The molecule has 2 N–H and O–H groups in total. The molecule has 0 heterocycles. The molecule has 1 aromatic rings. The summed E-state index contributed by atoms with van der Waals surface area (Å²) in [6.45, 7) is 2.13. The fourth-order valence-corrected chi connectivity index (χ4v) is 1.28. The molecule has 1 atom stereocenters. The monoisotopic (exact) mass is 215 g/mol. The molecule has 0 radical (unpaired) electrons. The van der Waals surface area contributed by atoms with Crippen molar-refractivity contribution < 1.29 is 13.9 Å². The van der Waals surface area contributed by atoms with Crippen LogP contribution >= 0.6 is 0 Å². The summed E-state index contributed by atoms with van der Waals surface area (Å²) in [4.78, 5) is 0. The van der Waals surface area contributed by atoms with E-state index in [1.165, 1.54) is 12.1 Å². The first kappa shape index (κ1) is 12.1. The first-order valence-corrected chi connectivity index (χ1v) is 4.96. The van der Waals surface area contributed by atoms with E-state index in [1.807, 2.05) is 6.92 Å². The minimum absolute atomic E-state index is 0.00651. The summed E-state index contributed by atoms with van der Waals surface area (Å²) in [6, 6.07) is 4.00. The van der Waals surface area contributed by atoms with Crippen molar-refractivity contribution in [3.8, 4) is 0 Å². The summed E-state index contributed by atoms with van der Waals surface area (Å²) in [5.41, 5.74) is 0.280. The Bertz CT molecular complexity index is 313. The largest absolute Gasteiger partial charge is 0.395 e. The highest BCUT2D eigenvalue weighted by atomic mass is 19.2. The predicted molar refractivity (Wildman–Crippen MR) is 54.4 cm³/mol. The van der Waals surface area contributed by atoms with Crippen LogP contribution in [-0.2, 0) is 6.54 Å². The molecule has 0 bridgehead atoms. The highest BCUT2D eigenvalue weighted by molar-refractivity contribution is 5.18. The second-order valence-corrected chi connectivity index (χ2v) is 3.38. The average Bonchev–Trinajstić information content (AvgIpc) is 2.25. The maximum atomic E-state index is 13.2. The molecule has 0 aliphatic rings. The van der Waals surface area contributed by atoms with E-state index < -0.39 is 11.6 Å². The zero-order valence-electron chi connectivity index (χ0n) is 8.63. The van der Waals surface area contributed by atoms with Crippen LogP contribution in [0.3, 0.4) is 0 Å². The van der Waals surface area contributed by atoms with Crippen molar-refractivity contribution in [2.24, 2.45) is 0 Å². The minimum Gasteiger partial charge on any atom is -0.395 e. The molecule has 15 heavy (non-hydrogen) atoms. The van der Waals surface area contributed by atoms with E-state index in [0.29, 0.717) is 0 Å². The van der Waals surface area contributed by atoms with Gasteiger partial charge >= 0.3 is 0 Å². The summed E-state index contributed by atoms with van der Waals surface area (Å²) in [5, 5.41) is 11.8. The van der Waals surface area contributed by atoms with Gasteiger partial charge in [0.15, 0.2) is 11.6 Å². The first-order valence-electron chi connectivity index (χ1n) is 4.96. The Kier molecular flexibility index (Phi) is 4.65. The molecule has 0 saturated carbocycles. The topological polar surface area (TPSA) is 32.3 Å². The van der Waals surface area contributed by atoms with Gasteiger partial charge in [-0.15, -0.1) is 0 Å². The van der Waals surface area contributed by atoms with E-state index in [4.69, 9.17) is 5.11 Å². The molecule has 1 rings (SSSR count). The lowest BCUT2D eigenvalue weighted by atomic mass is 10.1. The van der Waals surface area contributed by atoms with Gasteiger partial charge in [0.2, 0.25) is 0 Å². The second-order valence-electron chi connectivity index (χ2n) is 3.38. The van der Waals surface area contributed by atoms with Crippen LogP contribution in [0.4, 0.5) is 8.78 Å². The number of hydrogen-bond acceptors (Lipinski definition) is 2. The Hall–Kier alpha value is -1.00. The van der Waals surface area contributed by atoms with Crippen LogP contribution in [0.2, 0.25) is 0 Å². The number of hydrogen-bond donors (Lipinski definition) is 2. The molecule has 1 aromatic carbocycles. The van der Waals surface area contributed by atoms with Crippen LogP contribution in [-0.4, -0.2) is 17.8 Å². The molecule has 84 valence electrons. The highest BCUT2D eigenvalue weighted by Crippen LogP contribution is 2.11. The highest BCUT2D eigenvalue weighted by Gasteiger charge is 2.09. The number of aliphatic hydroxyl groups excluding tert-OH is 1. The van der Waals surface area contributed by atoms with Crippen molar-refractivity contribution >= 4 is 0 Å². The zero-order chi connectivity index (χ0) is 11.3. The summed E-state index contributed by atoms with van der Waals surface area (Å²) in [6.07, 6.45) is 0.743. The van der Waals surface area contributed by atoms with Gasteiger partial charge in [0.1, 0.15) is 0 Å². The number of halogens is 2. The Morgan fingerprint density at radius 2 is 2.13 bits per heavy atom. The molecule has 0 amide bonds. The van der Waals surface area contributed by atoms with E-state index in [1.54, 1.807) is 0 Å². The van der Waals surface area contributed by atoms with Crippen LogP contribution in [0.15, 0.2) is 18.2 Å². The normalized spacial score (nSPS) is 12.8. The average molecular weight is 215 g/mol. The first-order chi connectivity index (χ1) is 7.19. The quantitative estimate of drug-likeness (QED) is 0.785. The van der Waals surface area contributed by atoms with Gasteiger partial charge in [0, 0.05) is 18.2 Å². The molecule has 0 fully saturated rings. The molecule has 4 heteroatoms. The summed E-state index contributed by atoms with van der Waals surface area (Å²) < 4.78 is 26.0. The molecular formula is C11H15F2NO. The van der Waals surface area contributed by atoms with Gasteiger partial charge in [-0.1, -0.05) is 19.1 Å². The Balaban J connectivity index is 2.61. The van der Waals surface area contributed by atoms with E-state index in [-0.39, 0.29) is 24.8 Å². The van der Waals surface area contributed by atoms with Crippen LogP contribution in [0.1, 0.15) is 18.9 Å². The Morgan fingerprint density at radius 1 is 1.40 bits per heavy atom. The third-order valence-corrected chi connectivity index (χ3v) is 2.33. The van der Waals surface area contributed by atoms with Gasteiger partial charge in [-0.25, -0.2) is 8.78 Å². The predicted octanol–water partition coefficient (Wildman–Crippen LogP) is 1.83. The third-order valence-electron chi connectivity index (χ3n) is 2.33. The van der Waals surface area contributed by atoms with Crippen LogP contribution in [0, 0.1) is 11.6 Å². The molecule has 0 aromatic heterocycles. The fraction of sp³-hybridized carbons (Fsp3) is 0.455. The van der Waals surface area contributed by atoms with E-state index in [0.717, 1.165) is 12.5 Å². The van der Waals surface area contributed by atoms with Gasteiger partial charge < -0.3 is 10.4 Å². The SMILES string of the molecule is CC[C@@H](CO)NCc1cccc(F)c1F. The smallest absolute Gasteiger partial charge is 0.163 e. The fourth-order valence-electron chi connectivity index (χ4n) is 1.28. The van der Waals surface area contributed by atoms with E-state index in [2.05, 4.69) is 5.32 Å². The van der Waals surface area contributed by atoms with Crippen LogP contribution < -0.4 is 5.32 Å². The van der Waals surface area contributed by atoms with E-state index in [9.17, 15) is 8.78 Å². The molecule has 0 aliphatic carbocycles. The van der Waals surface area contributed by atoms with Gasteiger partial charge in [-0.3, -0.25) is 0 Å². The standard InChI is InChI=1S/C11H15F2NO/c1-2-9(7-15)14-6-8-4-3-5-10(12)11(8)13/h3-5,9,14-15H,2,6-7H2,1H3/t9-/m0/s1. The zero-order valence-corrected chi connectivity index (χ0v) is 8.63. The van der Waals surface area contributed by atoms with Crippen molar-refractivity contribution in [2.45, 2.75) is 25.9 Å². The molecule has 0 saturated heterocycles. The van der Waals surface area contributed by atoms with Gasteiger partial charge in [0.05, 0.1) is 6.61 Å². The number of benzene rings is 1. The second kappa shape index (κ2) is 5.78. The molecule has 0 spiro atoms.